The van der Waals surface area contributed by atoms with Crippen LogP contribution in [0.2, 0.25) is 0 Å². The van der Waals surface area contributed by atoms with E-state index in [1.165, 1.54) is 5.56 Å². The lowest BCUT2D eigenvalue weighted by Gasteiger charge is -2.10. The third-order valence-corrected chi connectivity index (χ3v) is 4.27. The van der Waals surface area contributed by atoms with Crippen molar-refractivity contribution >= 4 is 18.4 Å². The van der Waals surface area contributed by atoms with Gasteiger partial charge in [-0.25, -0.2) is 0 Å². The maximum absolute atomic E-state index is 5.88. The molecule has 3 rings (SSSR count). The van der Waals surface area contributed by atoms with E-state index in [0.717, 1.165) is 30.0 Å². The summed E-state index contributed by atoms with van der Waals surface area (Å²) in [5.41, 5.74) is 2.17. The fourth-order valence-corrected chi connectivity index (χ4v) is 2.80. The van der Waals surface area contributed by atoms with E-state index in [9.17, 15) is 0 Å². The largest absolute Gasteiger partial charge is 0.493 e. The molecule has 0 atom stereocenters. The van der Waals surface area contributed by atoms with Gasteiger partial charge in [0.05, 0.1) is 12.8 Å². The van der Waals surface area contributed by atoms with Gasteiger partial charge < -0.3 is 4.74 Å². The lowest BCUT2D eigenvalue weighted by Crippen LogP contribution is -2.06. The number of nitrogens with zero attached hydrogens (tertiary/aromatic N) is 3. The van der Waals surface area contributed by atoms with Gasteiger partial charge in [0.15, 0.2) is 5.82 Å². The first-order valence-electron chi connectivity index (χ1n) is 9.10. The summed E-state index contributed by atoms with van der Waals surface area (Å²) in [6.45, 7) is 4.92. The van der Waals surface area contributed by atoms with Crippen molar-refractivity contribution in [2.24, 2.45) is 11.0 Å². The second kappa shape index (κ2) is 9.28. The average Bonchev–Trinajstić information content (AvgIpc) is 3.04. The molecular formula is C21H24N4OS. The van der Waals surface area contributed by atoms with Crippen molar-refractivity contribution in [2.75, 3.05) is 6.61 Å². The van der Waals surface area contributed by atoms with Gasteiger partial charge in [-0.1, -0.05) is 56.3 Å². The second-order valence-corrected chi connectivity index (χ2v) is 7.12. The molecule has 0 aliphatic carbocycles. The summed E-state index contributed by atoms with van der Waals surface area (Å²) >= 11 is 5.34. The quantitative estimate of drug-likeness (QED) is 0.457. The molecule has 0 aliphatic heterocycles. The van der Waals surface area contributed by atoms with Crippen LogP contribution in [0, 0.1) is 10.7 Å². The van der Waals surface area contributed by atoms with Crippen molar-refractivity contribution in [3.63, 3.8) is 0 Å². The molecule has 1 N–H and O–H groups in total. The molecule has 5 nitrogen and oxygen atoms in total. The molecule has 0 fully saturated rings. The third kappa shape index (κ3) is 5.37. The molecule has 1 aromatic heterocycles. The Morgan fingerprint density at radius 3 is 2.63 bits per heavy atom. The van der Waals surface area contributed by atoms with Gasteiger partial charge in [-0.2, -0.15) is 14.9 Å². The normalized spacial score (nSPS) is 11.4. The van der Waals surface area contributed by atoms with Gasteiger partial charge in [0.25, 0.3) is 0 Å². The number of H-pyrrole nitrogens is 1. The van der Waals surface area contributed by atoms with Crippen LogP contribution >= 0.6 is 12.2 Å². The van der Waals surface area contributed by atoms with Crippen molar-refractivity contribution in [1.29, 1.82) is 0 Å². The summed E-state index contributed by atoms with van der Waals surface area (Å²) in [5.74, 6) is 2.08. The number of aromatic nitrogens is 3. The van der Waals surface area contributed by atoms with Crippen LogP contribution in [0.4, 0.5) is 0 Å². The van der Waals surface area contributed by atoms with Crippen LogP contribution in [0.1, 0.15) is 30.8 Å². The highest BCUT2D eigenvalue weighted by atomic mass is 32.1. The Hall–Kier alpha value is -2.73. The van der Waals surface area contributed by atoms with Crippen molar-refractivity contribution < 1.29 is 4.74 Å². The number of hydrogen-bond acceptors (Lipinski definition) is 4. The van der Waals surface area contributed by atoms with Gasteiger partial charge in [0.1, 0.15) is 5.75 Å². The van der Waals surface area contributed by atoms with E-state index in [2.05, 4.69) is 41.3 Å². The summed E-state index contributed by atoms with van der Waals surface area (Å²) in [6, 6.07) is 18.2. The topological polar surface area (TPSA) is 55.2 Å². The number of rotatable bonds is 8. The Morgan fingerprint density at radius 1 is 1.11 bits per heavy atom. The highest BCUT2D eigenvalue weighted by Crippen LogP contribution is 2.17. The Balaban J connectivity index is 1.76. The molecular weight excluding hydrogens is 356 g/mol. The predicted molar refractivity (Wildman–Crippen MR) is 111 cm³/mol. The van der Waals surface area contributed by atoms with Crippen LogP contribution in [-0.2, 0) is 12.8 Å². The van der Waals surface area contributed by atoms with Crippen molar-refractivity contribution in [3.05, 3.63) is 76.3 Å². The molecule has 3 aromatic rings. The molecule has 0 bridgehead atoms. The van der Waals surface area contributed by atoms with Crippen molar-refractivity contribution in [3.8, 4) is 5.75 Å². The van der Waals surface area contributed by atoms with E-state index in [1.54, 1.807) is 10.9 Å². The van der Waals surface area contributed by atoms with E-state index in [-0.39, 0.29) is 0 Å². The van der Waals surface area contributed by atoms with Crippen LogP contribution in [0.25, 0.3) is 0 Å². The monoisotopic (exact) mass is 380 g/mol. The highest BCUT2D eigenvalue weighted by Gasteiger charge is 2.07. The molecule has 0 radical (unpaired) electrons. The molecule has 140 valence electrons. The van der Waals surface area contributed by atoms with Crippen molar-refractivity contribution in [1.82, 2.24) is 14.9 Å². The van der Waals surface area contributed by atoms with E-state index in [0.29, 0.717) is 17.3 Å². The molecule has 0 aliphatic rings. The molecule has 27 heavy (non-hydrogen) atoms. The molecule has 1 heterocycles. The van der Waals surface area contributed by atoms with Crippen LogP contribution in [-0.4, -0.2) is 27.7 Å². The molecule has 2 aromatic carbocycles. The molecule has 0 saturated heterocycles. The van der Waals surface area contributed by atoms with E-state index in [1.807, 2.05) is 42.5 Å². The number of aryl methyl sites for hydroxylation is 2. The SMILES string of the molecule is CC(C)COc1ccccc1/C=N\n1c(CCc2ccccc2)n[nH]c1=S. The highest BCUT2D eigenvalue weighted by molar-refractivity contribution is 7.71. The Bertz CT molecular complexity index is 944. The minimum Gasteiger partial charge on any atom is -0.493 e. The van der Waals surface area contributed by atoms with Gasteiger partial charge in [0, 0.05) is 12.0 Å². The van der Waals surface area contributed by atoms with Gasteiger partial charge in [-0.3, -0.25) is 5.10 Å². The predicted octanol–water partition coefficient (Wildman–Crippen LogP) is 4.64. The lowest BCUT2D eigenvalue weighted by atomic mass is 10.1. The molecule has 0 saturated carbocycles. The number of hydrogen-bond donors (Lipinski definition) is 1. The third-order valence-electron chi connectivity index (χ3n) is 4.00. The smallest absolute Gasteiger partial charge is 0.216 e. The Labute approximate surface area is 164 Å². The summed E-state index contributed by atoms with van der Waals surface area (Å²) in [5, 5.41) is 11.7. The van der Waals surface area contributed by atoms with Crippen LogP contribution in [0.3, 0.4) is 0 Å². The molecule has 6 heteroatoms. The van der Waals surface area contributed by atoms with E-state index in [4.69, 9.17) is 17.0 Å². The van der Waals surface area contributed by atoms with Crippen LogP contribution < -0.4 is 4.74 Å². The van der Waals surface area contributed by atoms with Gasteiger partial charge in [-0.05, 0) is 42.3 Å². The van der Waals surface area contributed by atoms with Crippen LogP contribution in [0.15, 0.2) is 59.7 Å². The summed E-state index contributed by atoms with van der Waals surface area (Å²) < 4.78 is 8.04. The van der Waals surface area contributed by atoms with Crippen LogP contribution in [0.5, 0.6) is 5.75 Å². The maximum atomic E-state index is 5.88. The van der Waals surface area contributed by atoms with E-state index >= 15 is 0 Å². The number of nitrogens with one attached hydrogen (secondary N) is 1. The maximum Gasteiger partial charge on any atom is 0.216 e. The average molecular weight is 381 g/mol. The second-order valence-electron chi connectivity index (χ2n) is 6.73. The Kier molecular flexibility index (Phi) is 6.54. The minimum absolute atomic E-state index is 0.460. The standard InChI is InChI=1S/C21H24N4OS/c1-16(2)15-26-19-11-7-6-10-18(19)14-22-25-20(23-24-21(25)27)13-12-17-8-4-3-5-9-17/h3-11,14,16H,12-13,15H2,1-2H3,(H,24,27)/b22-14-. The summed E-state index contributed by atoms with van der Waals surface area (Å²) in [6.07, 6.45) is 3.40. The number of ether oxygens (including phenoxy) is 1. The molecule has 0 spiro atoms. The number of benzene rings is 2. The fourth-order valence-electron chi connectivity index (χ4n) is 2.60. The zero-order valence-corrected chi connectivity index (χ0v) is 16.4. The first kappa shape index (κ1) is 19.0. The van der Waals surface area contributed by atoms with E-state index < -0.39 is 0 Å². The fraction of sp³-hybridized carbons (Fsp3) is 0.286. The first-order chi connectivity index (χ1) is 13.1. The van der Waals surface area contributed by atoms with Gasteiger partial charge in [0.2, 0.25) is 4.77 Å². The first-order valence-corrected chi connectivity index (χ1v) is 9.50. The number of para-hydroxylation sites is 1. The number of aromatic amines is 1. The molecule has 0 amide bonds. The molecule has 0 unspecified atom stereocenters. The zero-order valence-electron chi connectivity index (χ0n) is 15.6. The van der Waals surface area contributed by atoms with Crippen molar-refractivity contribution in [2.45, 2.75) is 26.7 Å². The van der Waals surface area contributed by atoms with Gasteiger partial charge in [-0.15, -0.1) is 0 Å². The summed E-state index contributed by atoms with van der Waals surface area (Å²) in [4.78, 5) is 0. The lowest BCUT2D eigenvalue weighted by molar-refractivity contribution is 0.270. The summed E-state index contributed by atoms with van der Waals surface area (Å²) in [7, 11) is 0. The Morgan fingerprint density at radius 2 is 1.85 bits per heavy atom. The minimum atomic E-state index is 0.460. The van der Waals surface area contributed by atoms with Gasteiger partial charge >= 0.3 is 0 Å². The zero-order chi connectivity index (χ0) is 19.1.